The number of hydrogen-bond acceptors (Lipinski definition) is 0. The van der Waals surface area contributed by atoms with Gasteiger partial charge in [-0.3, -0.25) is 0 Å². The van der Waals surface area contributed by atoms with Crippen LogP contribution in [0.25, 0.3) is 21.5 Å². The second kappa shape index (κ2) is 16.3. The summed E-state index contributed by atoms with van der Waals surface area (Å²) in [5.74, 6) is 0. The minimum atomic E-state index is -1.84. The van der Waals surface area contributed by atoms with Gasteiger partial charge in [0.2, 0.25) is 0 Å². The summed E-state index contributed by atoms with van der Waals surface area (Å²) in [5.41, 5.74) is 2.85. The van der Waals surface area contributed by atoms with E-state index in [1.54, 1.807) is 0 Å². The second-order valence-electron chi connectivity index (χ2n) is 9.61. The molecule has 0 aromatic heterocycles. The molecule has 0 fully saturated rings. The Morgan fingerprint density at radius 1 is 0.575 bits per heavy atom. The standard InChI is InChI=1S/2C16H13Si.C3H6.2ClH.Zr/c2*1-2-6-13(7-3-1)12-17-16-11-10-14-8-4-5-9-15(14)16;1-3-2;;;/h2*1-11H,12H2;1-2H3;2*1H;/q2*-1;;;;+2/p-2. The maximum Gasteiger partial charge on any atom is 0.0109 e. The van der Waals surface area contributed by atoms with Gasteiger partial charge in [-0.2, -0.15) is 33.3 Å². The average Bonchev–Trinajstić information content (AvgIpc) is 3.61. The summed E-state index contributed by atoms with van der Waals surface area (Å²) in [4.78, 5) is 0. The van der Waals surface area contributed by atoms with Gasteiger partial charge in [-0.05, 0) is 12.1 Å². The molecule has 0 amide bonds. The average molecular weight is 671 g/mol. The summed E-state index contributed by atoms with van der Waals surface area (Å²) in [6.07, 6.45) is 0. The predicted molar refractivity (Wildman–Crippen MR) is 178 cm³/mol. The van der Waals surface area contributed by atoms with Gasteiger partial charge in [-0.15, -0.1) is 59.3 Å². The first-order valence-electron chi connectivity index (χ1n) is 13.3. The summed E-state index contributed by atoms with van der Waals surface area (Å²) in [6, 6.07) is 50.0. The van der Waals surface area contributed by atoms with Crippen molar-refractivity contribution in [2.24, 2.45) is 0 Å². The Hall–Kier alpha value is -2.13. The topological polar surface area (TPSA) is 0 Å². The van der Waals surface area contributed by atoms with Gasteiger partial charge in [0.05, 0.1) is 0 Å². The van der Waals surface area contributed by atoms with E-state index in [-0.39, 0.29) is 0 Å². The van der Waals surface area contributed by atoms with Crippen LogP contribution in [0.3, 0.4) is 0 Å². The SMILES string of the molecule is C[C](C)=[Zr]([Cl])[Cl].c1ccc(C[Si]c2c[cH-]c3ccccc23)cc1.c1ccc(C[Si]c2c[cH-]c3ccccc23)cc1. The fraction of sp³-hybridized carbons (Fsp3) is 0.114. The normalized spacial score (nSPS) is 10.4. The molecular weight excluding hydrogens is 639 g/mol. The van der Waals surface area contributed by atoms with E-state index in [1.807, 2.05) is 13.8 Å². The van der Waals surface area contributed by atoms with E-state index < -0.39 is 18.9 Å². The van der Waals surface area contributed by atoms with Crippen molar-refractivity contribution in [3.63, 3.8) is 0 Å². The minimum absolute atomic E-state index is 0.860. The molecule has 6 aromatic carbocycles. The van der Waals surface area contributed by atoms with Crippen LogP contribution in [0.2, 0.25) is 0 Å². The zero-order valence-electron chi connectivity index (χ0n) is 22.9. The number of benzene rings is 4. The maximum atomic E-state index is 5.54. The smallest absolute Gasteiger partial charge is 0.0109 e. The summed E-state index contributed by atoms with van der Waals surface area (Å²) in [6.45, 7) is 3.96. The van der Waals surface area contributed by atoms with E-state index in [0.717, 1.165) is 31.1 Å². The van der Waals surface area contributed by atoms with Gasteiger partial charge < -0.3 is 0 Å². The van der Waals surface area contributed by atoms with Gasteiger partial charge in [0.1, 0.15) is 0 Å². The van der Waals surface area contributed by atoms with Crippen LogP contribution in [0.5, 0.6) is 0 Å². The molecule has 0 nitrogen and oxygen atoms in total. The Labute approximate surface area is 258 Å². The Morgan fingerprint density at radius 2 is 0.925 bits per heavy atom. The molecule has 0 aliphatic carbocycles. The van der Waals surface area contributed by atoms with Crippen molar-refractivity contribution in [2.75, 3.05) is 0 Å². The van der Waals surface area contributed by atoms with Crippen molar-refractivity contribution in [2.45, 2.75) is 25.9 Å². The Bertz CT molecular complexity index is 1500. The zero-order valence-corrected chi connectivity index (χ0v) is 28.8. The van der Waals surface area contributed by atoms with Crippen LogP contribution in [-0.2, 0) is 31.0 Å². The minimum Gasteiger partial charge on any atom is -0.161 e. The van der Waals surface area contributed by atoms with Crippen molar-refractivity contribution in [1.82, 2.24) is 0 Å². The summed E-state index contributed by atoms with van der Waals surface area (Å²) in [5, 5.41) is 8.54. The van der Waals surface area contributed by atoms with Gasteiger partial charge in [0.25, 0.3) is 0 Å². The molecule has 0 N–H and O–H groups in total. The second-order valence-corrected chi connectivity index (χ2v) is 21.5. The number of rotatable bonds is 6. The fourth-order valence-electron chi connectivity index (χ4n) is 4.20. The molecule has 40 heavy (non-hydrogen) atoms. The third-order valence-electron chi connectivity index (χ3n) is 6.39. The van der Waals surface area contributed by atoms with E-state index in [0.29, 0.717) is 0 Å². The number of fused-ring (bicyclic) bond motifs is 2. The molecular formula is C35H32Cl2Si2Zr-2. The molecule has 0 saturated carbocycles. The number of hydrogen-bond donors (Lipinski definition) is 0. The van der Waals surface area contributed by atoms with Gasteiger partial charge in [0.15, 0.2) is 0 Å². The summed E-state index contributed by atoms with van der Waals surface area (Å²) >= 11 is -1.84. The van der Waals surface area contributed by atoms with Crippen LogP contribution in [-0.4, -0.2) is 22.2 Å². The van der Waals surface area contributed by atoms with Crippen LogP contribution < -0.4 is 10.4 Å². The predicted octanol–water partition coefficient (Wildman–Crippen LogP) is 8.30. The molecule has 0 aliphatic rings. The first kappa shape index (κ1) is 30.8. The zero-order chi connectivity index (χ0) is 28.2. The Morgan fingerprint density at radius 3 is 1.30 bits per heavy atom. The molecule has 0 atom stereocenters. The Balaban J connectivity index is 0.000000155. The van der Waals surface area contributed by atoms with Crippen molar-refractivity contribution in [1.29, 1.82) is 0 Å². The molecule has 0 spiro atoms. The molecule has 6 rings (SSSR count). The molecule has 0 bridgehead atoms. The monoisotopic (exact) mass is 668 g/mol. The third kappa shape index (κ3) is 9.47. The molecule has 6 aromatic rings. The van der Waals surface area contributed by atoms with Crippen molar-refractivity contribution in [3.05, 3.63) is 145 Å². The van der Waals surface area contributed by atoms with Gasteiger partial charge in [-0.25, -0.2) is 0 Å². The van der Waals surface area contributed by atoms with E-state index in [9.17, 15) is 0 Å². The van der Waals surface area contributed by atoms with Gasteiger partial charge in [-0.1, -0.05) is 83.9 Å². The van der Waals surface area contributed by atoms with E-state index in [4.69, 9.17) is 17.0 Å². The maximum absolute atomic E-state index is 5.54. The largest absolute Gasteiger partial charge is 0.161 e. The molecule has 4 radical (unpaired) electrons. The van der Waals surface area contributed by atoms with Crippen LogP contribution in [0.15, 0.2) is 133 Å². The summed E-state index contributed by atoms with van der Waals surface area (Å²) < 4.78 is 1.24. The van der Waals surface area contributed by atoms with Crippen molar-refractivity contribution in [3.8, 4) is 0 Å². The molecule has 200 valence electrons. The van der Waals surface area contributed by atoms with E-state index >= 15 is 0 Å². The third-order valence-corrected chi connectivity index (χ3v) is 15.5. The Kier molecular flexibility index (Phi) is 12.6. The van der Waals surface area contributed by atoms with Gasteiger partial charge in [0, 0.05) is 19.0 Å². The van der Waals surface area contributed by atoms with Crippen molar-refractivity contribution >= 4 is 71.2 Å². The van der Waals surface area contributed by atoms with Crippen LogP contribution in [0.1, 0.15) is 25.0 Å². The quantitative estimate of drug-likeness (QED) is 0.124. The molecule has 0 saturated heterocycles. The van der Waals surface area contributed by atoms with Crippen molar-refractivity contribution < 1.29 is 18.9 Å². The van der Waals surface area contributed by atoms with Gasteiger partial charge >= 0.3 is 53.0 Å². The van der Waals surface area contributed by atoms with Crippen LogP contribution >= 0.6 is 17.0 Å². The van der Waals surface area contributed by atoms with E-state index in [1.165, 1.54) is 46.3 Å². The molecule has 0 heterocycles. The molecule has 0 unspecified atom stereocenters. The van der Waals surface area contributed by atoms with Crippen LogP contribution in [0, 0.1) is 0 Å². The number of halogens is 2. The molecule has 0 aliphatic heterocycles. The first-order chi connectivity index (χ1) is 19.5. The summed E-state index contributed by atoms with van der Waals surface area (Å²) in [7, 11) is 12.8. The van der Waals surface area contributed by atoms with E-state index in [2.05, 4.69) is 133 Å². The fourth-order valence-corrected chi connectivity index (χ4v) is 6.69. The molecule has 5 heteroatoms. The van der Waals surface area contributed by atoms with Crippen LogP contribution in [0.4, 0.5) is 0 Å². The first-order valence-corrected chi connectivity index (χ1v) is 23.3.